The number of para-hydroxylation sites is 1. The molecule has 0 saturated heterocycles. The topological polar surface area (TPSA) is 84.7 Å². The van der Waals surface area contributed by atoms with E-state index in [-0.39, 0.29) is 18.4 Å². The van der Waals surface area contributed by atoms with Gasteiger partial charge in [0.25, 0.3) is 0 Å². The smallest absolute Gasteiger partial charge is 0.247 e. The second kappa shape index (κ2) is 8.12. The number of nitrogens with two attached hydrogens (primary N) is 1. The van der Waals surface area contributed by atoms with Gasteiger partial charge in [0, 0.05) is 11.4 Å². The summed E-state index contributed by atoms with van der Waals surface area (Å²) in [6, 6.07) is 15.3. The van der Waals surface area contributed by atoms with E-state index in [1.54, 1.807) is 62.6 Å². The van der Waals surface area contributed by atoms with Crippen molar-refractivity contribution in [1.29, 1.82) is 0 Å². The number of carbonyl (C=O) groups excluding carboxylic acids is 2. The maximum atomic E-state index is 12.5. The number of benzene rings is 2. The quantitative estimate of drug-likeness (QED) is 0.850. The molecule has 0 bridgehead atoms. The fourth-order valence-electron chi connectivity index (χ4n) is 2.31. The minimum atomic E-state index is -0.703. The first-order valence-electron chi connectivity index (χ1n) is 7.59. The maximum absolute atomic E-state index is 12.5. The van der Waals surface area contributed by atoms with Gasteiger partial charge in [0.15, 0.2) is 0 Å². The van der Waals surface area contributed by atoms with Gasteiger partial charge in [0.2, 0.25) is 11.8 Å². The summed E-state index contributed by atoms with van der Waals surface area (Å²) in [6.07, 6.45) is 0. The van der Waals surface area contributed by atoms with Crippen LogP contribution in [0.1, 0.15) is 6.92 Å². The lowest BCUT2D eigenvalue weighted by Gasteiger charge is -2.28. The van der Waals surface area contributed by atoms with E-state index in [1.807, 2.05) is 6.07 Å². The number of nitrogens with one attached hydrogen (secondary N) is 1. The zero-order valence-electron chi connectivity index (χ0n) is 13.7. The first-order valence-corrected chi connectivity index (χ1v) is 7.59. The molecule has 2 amide bonds. The van der Waals surface area contributed by atoms with Crippen molar-refractivity contribution in [1.82, 2.24) is 0 Å². The zero-order valence-corrected chi connectivity index (χ0v) is 13.7. The molecule has 0 aromatic heterocycles. The molecule has 126 valence electrons. The molecular weight excluding hydrogens is 306 g/mol. The lowest BCUT2D eigenvalue weighted by atomic mass is 10.2. The highest BCUT2D eigenvalue weighted by Gasteiger charge is 2.26. The summed E-state index contributed by atoms with van der Waals surface area (Å²) in [5, 5.41) is 2.79. The van der Waals surface area contributed by atoms with Crippen LogP contribution in [0.3, 0.4) is 0 Å². The summed E-state index contributed by atoms with van der Waals surface area (Å²) in [4.78, 5) is 26.1. The number of methoxy groups -OCH3 is 1. The normalized spacial score (nSPS) is 11.5. The van der Waals surface area contributed by atoms with E-state index in [1.165, 1.54) is 4.90 Å². The van der Waals surface area contributed by atoms with Gasteiger partial charge in [-0.3, -0.25) is 14.5 Å². The lowest BCUT2D eigenvalue weighted by Crippen LogP contribution is -2.48. The van der Waals surface area contributed by atoms with Crippen molar-refractivity contribution in [3.8, 4) is 5.75 Å². The largest absolute Gasteiger partial charge is 0.497 e. The van der Waals surface area contributed by atoms with Gasteiger partial charge in [-0.1, -0.05) is 18.2 Å². The van der Waals surface area contributed by atoms with Crippen LogP contribution in [0.15, 0.2) is 54.6 Å². The maximum Gasteiger partial charge on any atom is 0.247 e. The third kappa shape index (κ3) is 4.11. The standard InChI is InChI=1S/C18H21N3O3/c1-13(18(23)20-14-8-10-16(24-2)11-9-14)21(17(22)12-19)15-6-4-3-5-7-15/h3-11,13H,12,19H2,1-2H3,(H,20,23). The molecule has 2 rings (SSSR count). The summed E-state index contributed by atoms with van der Waals surface area (Å²) in [5.74, 6) is 0.0784. The van der Waals surface area contributed by atoms with Gasteiger partial charge in [0.05, 0.1) is 13.7 Å². The Labute approximate surface area is 141 Å². The van der Waals surface area contributed by atoms with Crippen molar-refractivity contribution in [2.24, 2.45) is 5.73 Å². The summed E-state index contributed by atoms with van der Waals surface area (Å²) < 4.78 is 5.08. The Bertz CT molecular complexity index is 686. The van der Waals surface area contributed by atoms with Crippen LogP contribution in [-0.2, 0) is 9.59 Å². The van der Waals surface area contributed by atoms with E-state index in [9.17, 15) is 9.59 Å². The van der Waals surface area contributed by atoms with Gasteiger partial charge in [-0.15, -0.1) is 0 Å². The summed E-state index contributed by atoms with van der Waals surface area (Å²) >= 11 is 0. The molecule has 3 N–H and O–H groups in total. The number of hydrogen-bond acceptors (Lipinski definition) is 4. The van der Waals surface area contributed by atoms with E-state index < -0.39 is 6.04 Å². The average molecular weight is 327 g/mol. The molecule has 0 heterocycles. The van der Waals surface area contributed by atoms with Crippen LogP contribution in [0.5, 0.6) is 5.75 Å². The van der Waals surface area contributed by atoms with Crippen molar-refractivity contribution in [3.63, 3.8) is 0 Å². The van der Waals surface area contributed by atoms with E-state index in [0.717, 1.165) is 0 Å². The molecule has 6 nitrogen and oxygen atoms in total. The molecule has 1 atom stereocenters. The fourth-order valence-corrected chi connectivity index (χ4v) is 2.31. The number of nitrogens with zero attached hydrogens (tertiary/aromatic N) is 1. The number of carbonyl (C=O) groups is 2. The molecule has 2 aromatic carbocycles. The Balaban J connectivity index is 2.17. The molecule has 0 spiro atoms. The van der Waals surface area contributed by atoms with E-state index in [0.29, 0.717) is 17.1 Å². The van der Waals surface area contributed by atoms with Crippen LogP contribution >= 0.6 is 0 Å². The predicted octanol–water partition coefficient (Wildman–Crippen LogP) is 2.01. The van der Waals surface area contributed by atoms with Gasteiger partial charge in [-0.2, -0.15) is 0 Å². The molecule has 0 aliphatic carbocycles. The number of anilines is 2. The second-order valence-electron chi connectivity index (χ2n) is 5.20. The SMILES string of the molecule is COc1ccc(NC(=O)C(C)N(C(=O)CN)c2ccccc2)cc1. The van der Waals surface area contributed by atoms with Crippen LogP contribution in [0.4, 0.5) is 11.4 Å². The number of ether oxygens (including phenoxy) is 1. The van der Waals surface area contributed by atoms with Crippen molar-refractivity contribution in [2.75, 3.05) is 23.9 Å². The highest BCUT2D eigenvalue weighted by Crippen LogP contribution is 2.19. The lowest BCUT2D eigenvalue weighted by molar-refractivity contribution is -0.122. The summed E-state index contributed by atoms with van der Waals surface area (Å²) in [5.41, 5.74) is 6.75. The molecule has 0 fully saturated rings. The van der Waals surface area contributed by atoms with Crippen LogP contribution in [0, 0.1) is 0 Å². The minimum Gasteiger partial charge on any atom is -0.497 e. The van der Waals surface area contributed by atoms with Crippen LogP contribution in [-0.4, -0.2) is 31.5 Å². The van der Waals surface area contributed by atoms with Gasteiger partial charge in [0.1, 0.15) is 11.8 Å². The Hall–Kier alpha value is -2.86. The monoisotopic (exact) mass is 327 g/mol. The Morgan fingerprint density at radius 1 is 1.12 bits per heavy atom. The van der Waals surface area contributed by atoms with Gasteiger partial charge >= 0.3 is 0 Å². The van der Waals surface area contributed by atoms with Crippen molar-refractivity contribution in [2.45, 2.75) is 13.0 Å². The third-order valence-electron chi connectivity index (χ3n) is 3.60. The van der Waals surface area contributed by atoms with E-state index >= 15 is 0 Å². The van der Waals surface area contributed by atoms with E-state index in [4.69, 9.17) is 10.5 Å². The Kier molecular flexibility index (Phi) is 5.92. The van der Waals surface area contributed by atoms with Gasteiger partial charge in [-0.05, 0) is 43.3 Å². The summed E-state index contributed by atoms with van der Waals surface area (Å²) in [7, 11) is 1.58. The Morgan fingerprint density at radius 3 is 2.29 bits per heavy atom. The molecule has 24 heavy (non-hydrogen) atoms. The molecule has 0 saturated carbocycles. The van der Waals surface area contributed by atoms with Crippen LogP contribution in [0.2, 0.25) is 0 Å². The van der Waals surface area contributed by atoms with Gasteiger partial charge < -0.3 is 15.8 Å². The molecular formula is C18H21N3O3. The van der Waals surface area contributed by atoms with Crippen molar-refractivity contribution in [3.05, 3.63) is 54.6 Å². The number of amides is 2. The molecule has 0 aliphatic heterocycles. The molecule has 0 radical (unpaired) electrons. The van der Waals surface area contributed by atoms with Crippen LogP contribution in [0.25, 0.3) is 0 Å². The van der Waals surface area contributed by atoms with Gasteiger partial charge in [-0.25, -0.2) is 0 Å². The minimum absolute atomic E-state index is 0.172. The number of hydrogen-bond donors (Lipinski definition) is 2. The average Bonchev–Trinajstić information content (AvgIpc) is 2.63. The van der Waals surface area contributed by atoms with Crippen LogP contribution < -0.4 is 20.7 Å². The first-order chi connectivity index (χ1) is 11.6. The van der Waals surface area contributed by atoms with Crippen molar-refractivity contribution < 1.29 is 14.3 Å². The Morgan fingerprint density at radius 2 is 1.75 bits per heavy atom. The van der Waals surface area contributed by atoms with E-state index in [2.05, 4.69) is 5.32 Å². The molecule has 2 aromatic rings. The zero-order chi connectivity index (χ0) is 17.5. The first kappa shape index (κ1) is 17.5. The summed E-state index contributed by atoms with van der Waals surface area (Å²) in [6.45, 7) is 1.49. The fraction of sp³-hybridized carbons (Fsp3) is 0.222. The third-order valence-corrected chi connectivity index (χ3v) is 3.60. The number of rotatable bonds is 6. The molecule has 0 aliphatic rings. The highest BCUT2D eigenvalue weighted by molar-refractivity contribution is 6.05. The van der Waals surface area contributed by atoms with Crippen molar-refractivity contribution >= 4 is 23.2 Å². The molecule has 6 heteroatoms. The second-order valence-corrected chi connectivity index (χ2v) is 5.20. The molecule has 1 unspecified atom stereocenters. The predicted molar refractivity (Wildman–Crippen MR) is 94.1 cm³/mol. The highest BCUT2D eigenvalue weighted by atomic mass is 16.5.